The van der Waals surface area contributed by atoms with Gasteiger partial charge < -0.3 is 10.1 Å². The molecule has 10 nitrogen and oxygen atoms in total. The van der Waals surface area contributed by atoms with E-state index in [1.807, 2.05) is 13.8 Å². The van der Waals surface area contributed by atoms with Crippen LogP contribution in [0.4, 0.5) is 19.0 Å². The molecule has 0 fully saturated rings. The van der Waals surface area contributed by atoms with Crippen molar-refractivity contribution in [1.29, 1.82) is 0 Å². The third-order valence-electron chi connectivity index (χ3n) is 6.40. The first-order chi connectivity index (χ1) is 19.1. The zero-order chi connectivity index (χ0) is 29.0. The Balaban J connectivity index is 1.68. The Kier molecular flexibility index (Phi) is 8.52. The summed E-state index contributed by atoms with van der Waals surface area (Å²) in [6.45, 7) is 4.11. The molecular formula is C27H29F3N6O4. The lowest BCUT2D eigenvalue weighted by molar-refractivity contribution is -0.141. The molecule has 2 N–H and O–H groups in total. The van der Waals surface area contributed by atoms with Gasteiger partial charge in [-0.2, -0.15) is 13.2 Å². The first-order valence-electron chi connectivity index (χ1n) is 12.9. The van der Waals surface area contributed by atoms with Crippen molar-refractivity contribution in [2.75, 3.05) is 18.1 Å². The lowest BCUT2D eigenvalue weighted by Gasteiger charge is -2.21. The highest BCUT2D eigenvalue weighted by molar-refractivity contribution is 6.05. The number of anilines is 1. The monoisotopic (exact) mass is 558 g/mol. The number of nitrogens with one attached hydrogen (secondary N) is 1. The van der Waals surface area contributed by atoms with Crippen LogP contribution in [-0.2, 0) is 19.3 Å². The van der Waals surface area contributed by atoms with E-state index < -0.39 is 29.9 Å². The molecule has 0 spiro atoms. The molecular weight excluding hydrogens is 529 g/mol. The van der Waals surface area contributed by atoms with Crippen LogP contribution in [0.1, 0.15) is 49.2 Å². The highest BCUT2D eigenvalue weighted by atomic mass is 19.4. The quantitative estimate of drug-likeness (QED) is 0.305. The van der Waals surface area contributed by atoms with Crippen LogP contribution >= 0.6 is 0 Å². The molecule has 40 heavy (non-hydrogen) atoms. The fourth-order valence-corrected chi connectivity index (χ4v) is 4.37. The van der Waals surface area contributed by atoms with E-state index in [1.54, 1.807) is 16.7 Å². The van der Waals surface area contributed by atoms with Crippen LogP contribution in [0.5, 0.6) is 0 Å². The average molecular weight is 559 g/mol. The Morgan fingerprint density at radius 2 is 1.80 bits per heavy atom. The number of H-pyrrole nitrogens is 1. The minimum atomic E-state index is -4.64. The van der Waals surface area contributed by atoms with Gasteiger partial charge in [0.2, 0.25) is 0 Å². The predicted molar refractivity (Wildman–Crippen MR) is 143 cm³/mol. The minimum absolute atomic E-state index is 0.101. The summed E-state index contributed by atoms with van der Waals surface area (Å²) in [5.74, 6) is -0.527. The van der Waals surface area contributed by atoms with Crippen molar-refractivity contribution in [3.05, 3.63) is 74.8 Å². The maximum atomic E-state index is 13.1. The van der Waals surface area contributed by atoms with Crippen molar-refractivity contribution in [1.82, 2.24) is 24.1 Å². The molecule has 0 radical (unpaired) electrons. The van der Waals surface area contributed by atoms with Crippen molar-refractivity contribution in [2.24, 2.45) is 0 Å². The largest absolute Gasteiger partial charge is 0.433 e. The smallest absolute Gasteiger partial charge is 0.395 e. The second kappa shape index (κ2) is 11.9. The SMILES string of the molecule is CCCCn1c(=O)c2[nH]c(-c3ccc(N(CCO)C(=O)c4ccc(C(F)(F)F)nc4)nc3)cc2n(CCC)c1=O. The van der Waals surface area contributed by atoms with Gasteiger partial charge >= 0.3 is 11.9 Å². The van der Waals surface area contributed by atoms with E-state index >= 15 is 0 Å². The lowest BCUT2D eigenvalue weighted by atomic mass is 10.2. The van der Waals surface area contributed by atoms with Gasteiger partial charge in [-0.1, -0.05) is 20.3 Å². The Morgan fingerprint density at radius 1 is 1.02 bits per heavy atom. The second-order valence-electron chi connectivity index (χ2n) is 9.20. The van der Waals surface area contributed by atoms with Crippen molar-refractivity contribution in [3.8, 4) is 11.3 Å². The Labute approximate surface area is 226 Å². The first kappa shape index (κ1) is 28.7. The number of amides is 1. The molecule has 212 valence electrons. The third kappa shape index (κ3) is 5.69. The number of hydrogen-bond donors (Lipinski definition) is 2. The second-order valence-corrected chi connectivity index (χ2v) is 9.20. The van der Waals surface area contributed by atoms with Crippen LogP contribution in [0.15, 0.2) is 52.3 Å². The number of rotatable bonds is 10. The fourth-order valence-electron chi connectivity index (χ4n) is 4.37. The number of aryl methyl sites for hydroxylation is 1. The van der Waals surface area contributed by atoms with Gasteiger partial charge in [-0.3, -0.25) is 28.6 Å². The number of fused-ring (bicyclic) bond motifs is 1. The van der Waals surface area contributed by atoms with Crippen LogP contribution in [0.3, 0.4) is 0 Å². The van der Waals surface area contributed by atoms with E-state index in [2.05, 4.69) is 15.0 Å². The van der Waals surface area contributed by atoms with E-state index in [9.17, 15) is 32.7 Å². The predicted octanol–water partition coefficient (Wildman–Crippen LogP) is 3.82. The van der Waals surface area contributed by atoms with E-state index in [4.69, 9.17) is 0 Å². The Morgan fingerprint density at radius 3 is 2.38 bits per heavy atom. The molecule has 0 saturated carbocycles. The number of aromatic nitrogens is 5. The number of carbonyl (C=O) groups excluding carboxylic acids is 1. The van der Waals surface area contributed by atoms with Crippen molar-refractivity contribution in [2.45, 2.75) is 52.4 Å². The van der Waals surface area contributed by atoms with Crippen molar-refractivity contribution >= 4 is 22.8 Å². The Hall–Kier alpha value is -4.26. The van der Waals surface area contributed by atoms with Gasteiger partial charge in [0.15, 0.2) is 0 Å². The van der Waals surface area contributed by atoms with Crippen LogP contribution in [0.25, 0.3) is 22.3 Å². The normalized spacial score (nSPS) is 11.8. The lowest BCUT2D eigenvalue weighted by Crippen LogP contribution is -2.40. The highest BCUT2D eigenvalue weighted by Gasteiger charge is 2.32. The average Bonchev–Trinajstić information content (AvgIpc) is 3.39. The zero-order valence-corrected chi connectivity index (χ0v) is 22.0. The molecule has 4 aromatic heterocycles. The summed E-state index contributed by atoms with van der Waals surface area (Å²) in [4.78, 5) is 51.1. The maximum absolute atomic E-state index is 13.1. The first-order valence-corrected chi connectivity index (χ1v) is 12.9. The summed E-state index contributed by atoms with van der Waals surface area (Å²) >= 11 is 0. The van der Waals surface area contributed by atoms with Crippen molar-refractivity contribution < 1.29 is 23.1 Å². The number of carbonyl (C=O) groups is 1. The molecule has 0 bridgehead atoms. The molecule has 4 aromatic rings. The molecule has 1 amide bonds. The molecule has 4 heterocycles. The molecule has 4 rings (SSSR count). The van der Waals surface area contributed by atoms with Gasteiger partial charge in [0, 0.05) is 36.7 Å². The van der Waals surface area contributed by atoms with Crippen LogP contribution in [0.2, 0.25) is 0 Å². The summed E-state index contributed by atoms with van der Waals surface area (Å²) < 4.78 is 41.4. The maximum Gasteiger partial charge on any atom is 0.433 e. The van der Waals surface area contributed by atoms with Crippen LogP contribution in [0, 0.1) is 0 Å². The number of aromatic amines is 1. The Bertz CT molecular complexity index is 1610. The zero-order valence-electron chi connectivity index (χ0n) is 22.0. The summed E-state index contributed by atoms with van der Waals surface area (Å²) in [7, 11) is 0. The standard InChI is InChI=1S/C27H29F3N6O4/c1-3-5-11-36-25(39)23-20(34(10-4-2)26(36)40)14-19(33-23)17-7-9-22(32-15-17)35(12-13-37)24(38)18-6-8-21(31-16-18)27(28,29)30/h6-9,14-16,33,37H,3-5,10-13H2,1-2H3. The molecule has 0 aliphatic carbocycles. The summed E-state index contributed by atoms with van der Waals surface area (Å²) in [5, 5.41) is 9.50. The van der Waals surface area contributed by atoms with Gasteiger partial charge in [-0.15, -0.1) is 0 Å². The molecule has 0 saturated heterocycles. The molecule has 0 aliphatic heterocycles. The number of aliphatic hydroxyl groups is 1. The number of nitrogens with zero attached hydrogens (tertiary/aromatic N) is 5. The molecule has 0 aliphatic rings. The van der Waals surface area contributed by atoms with Gasteiger partial charge in [0.05, 0.1) is 24.2 Å². The third-order valence-corrected chi connectivity index (χ3v) is 6.40. The van der Waals surface area contributed by atoms with E-state index in [1.165, 1.54) is 16.8 Å². The van der Waals surface area contributed by atoms with Crippen LogP contribution < -0.4 is 16.1 Å². The van der Waals surface area contributed by atoms with E-state index in [0.29, 0.717) is 54.3 Å². The van der Waals surface area contributed by atoms with Gasteiger partial charge in [0.1, 0.15) is 17.0 Å². The van der Waals surface area contributed by atoms with Crippen LogP contribution in [-0.4, -0.2) is 48.3 Å². The number of aliphatic hydroxyl groups excluding tert-OH is 1. The topological polar surface area (TPSA) is 126 Å². The summed E-state index contributed by atoms with van der Waals surface area (Å²) in [6.07, 6.45) is -0.132. The number of hydrogen-bond acceptors (Lipinski definition) is 6. The van der Waals surface area contributed by atoms with E-state index in [0.717, 1.165) is 23.6 Å². The molecule has 13 heteroatoms. The van der Waals surface area contributed by atoms with Gasteiger partial charge in [-0.05, 0) is 43.2 Å². The number of pyridine rings is 2. The van der Waals surface area contributed by atoms with Gasteiger partial charge in [-0.25, -0.2) is 9.78 Å². The number of halogens is 3. The number of alkyl halides is 3. The molecule has 0 atom stereocenters. The van der Waals surface area contributed by atoms with E-state index in [-0.39, 0.29) is 23.6 Å². The fraction of sp³-hybridized carbons (Fsp3) is 0.370. The molecule has 0 aromatic carbocycles. The van der Waals surface area contributed by atoms with Crippen molar-refractivity contribution in [3.63, 3.8) is 0 Å². The summed E-state index contributed by atoms with van der Waals surface area (Å²) in [6, 6.07) is 6.60. The molecule has 0 unspecified atom stereocenters. The van der Waals surface area contributed by atoms with Gasteiger partial charge in [0.25, 0.3) is 11.5 Å². The summed E-state index contributed by atoms with van der Waals surface area (Å²) in [5.41, 5.74) is -0.0932. The highest BCUT2D eigenvalue weighted by Crippen LogP contribution is 2.28. The minimum Gasteiger partial charge on any atom is -0.395 e. The number of unbranched alkanes of at least 4 members (excludes halogenated alkanes) is 1.